The lowest BCUT2D eigenvalue weighted by Crippen LogP contribution is -2.57. The molecule has 3 aliphatic rings. The molecule has 1 aliphatic carbocycles. The second-order valence-corrected chi connectivity index (χ2v) is 13.5. The van der Waals surface area contributed by atoms with Crippen LogP contribution in [0.5, 0.6) is 0 Å². The fourth-order valence-electron chi connectivity index (χ4n) is 6.55. The Morgan fingerprint density at radius 2 is 1.86 bits per heavy atom. The Bertz CT molecular complexity index is 1630. The number of hydrogen-bond donors (Lipinski definition) is 2. The maximum Gasteiger partial charge on any atom is 0.434 e. The number of alkyl halides is 3. The summed E-state index contributed by atoms with van der Waals surface area (Å²) in [7, 11) is 0. The predicted octanol–water partition coefficient (Wildman–Crippen LogP) is 4.17. The molecule has 2 N–H and O–H groups in total. The molecular weight excluding hydrogens is 659 g/mol. The molecule has 3 aromatic rings. The molecule has 3 fully saturated rings. The summed E-state index contributed by atoms with van der Waals surface area (Å²) in [5.74, 6) is -1.29. The molecule has 0 spiro atoms. The first kappa shape index (κ1) is 35.1. The molecule has 16 heteroatoms. The highest BCUT2D eigenvalue weighted by Crippen LogP contribution is 2.36. The van der Waals surface area contributed by atoms with Gasteiger partial charge in [0, 0.05) is 51.4 Å². The number of nitrogens with zero attached hydrogens (tertiary/aromatic N) is 7. The molecule has 1 saturated carbocycles. The highest BCUT2D eigenvalue weighted by atomic mass is 32.2. The van der Waals surface area contributed by atoms with E-state index in [-0.39, 0.29) is 22.7 Å². The maximum absolute atomic E-state index is 14.0. The maximum atomic E-state index is 14.0. The average molecular weight is 702 g/mol. The molecule has 49 heavy (non-hydrogen) atoms. The minimum atomic E-state index is -4.82. The van der Waals surface area contributed by atoms with Crippen LogP contribution in [0, 0.1) is 0 Å². The number of aromatic nitrogens is 4. The minimum absolute atomic E-state index is 0.122. The second-order valence-electron chi connectivity index (χ2n) is 12.6. The number of ether oxygens (including phenoxy) is 1. The molecular formula is C33H42F3N9O3S. The van der Waals surface area contributed by atoms with Gasteiger partial charge < -0.3 is 20.3 Å². The lowest BCUT2D eigenvalue weighted by atomic mass is 9.89. The van der Waals surface area contributed by atoms with Gasteiger partial charge in [-0.15, -0.1) is 16.9 Å². The number of pyridine rings is 1. The van der Waals surface area contributed by atoms with Gasteiger partial charge in [-0.25, -0.2) is 9.67 Å². The molecule has 12 nitrogen and oxygen atoms in total. The molecule has 2 saturated heterocycles. The average Bonchev–Trinajstić information content (AvgIpc) is 3.57. The number of carbonyl (C=O) groups excluding carboxylic acids is 2. The van der Waals surface area contributed by atoms with Gasteiger partial charge in [0.2, 0.25) is 0 Å². The number of morpholine rings is 1. The predicted molar refractivity (Wildman–Crippen MR) is 181 cm³/mol. The first-order chi connectivity index (χ1) is 23.6. The third-order valence-corrected chi connectivity index (χ3v) is 10.1. The van der Waals surface area contributed by atoms with Crippen LogP contribution in [0.4, 0.5) is 24.5 Å². The van der Waals surface area contributed by atoms with Crippen molar-refractivity contribution in [1.29, 1.82) is 0 Å². The summed E-state index contributed by atoms with van der Waals surface area (Å²) in [5.41, 5.74) is -0.216. The highest BCUT2D eigenvalue weighted by molar-refractivity contribution is 7.98. The number of halogens is 3. The first-order valence-electron chi connectivity index (χ1n) is 16.7. The Morgan fingerprint density at radius 3 is 2.55 bits per heavy atom. The Hall–Kier alpha value is -3.73. The summed E-state index contributed by atoms with van der Waals surface area (Å²) >= 11 is 1.06. The second kappa shape index (κ2) is 15.4. The molecule has 2 aromatic heterocycles. The standard InChI is InChI=1S/C33H42F3N9O3S/c1-22-20-43(13-14-44(22)23-5-3-6-23)28-9-7-24(19-26(28)38-31(46)25-8-10-29(49-2)39-30(25)33(34,35)36)45-21-27(40-41-45)32(47)37-11-4-12-42-15-17-48-18-16-42/h7-10,19,21-23H,3-6,11-18,20H2,1-2H3,(H,37,47)(H,38,46)/t22-/m1/s1. The van der Waals surface area contributed by atoms with Gasteiger partial charge in [-0.3, -0.25) is 19.4 Å². The number of benzene rings is 1. The van der Waals surface area contributed by atoms with Gasteiger partial charge in [-0.05, 0) is 69.3 Å². The number of nitrogens with one attached hydrogen (secondary N) is 2. The lowest BCUT2D eigenvalue weighted by molar-refractivity contribution is -0.141. The van der Waals surface area contributed by atoms with Crippen LogP contribution in [-0.2, 0) is 10.9 Å². The molecule has 4 heterocycles. The van der Waals surface area contributed by atoms with Gasteiger partial charge in [0.15, 0.2) is 11.4 Å². The topological polar surface area (TPSA) is 121 Å². The van der Waals surface area contributed by atoms with E-state index >= 15 is 0 Å². The van der Waals surface area contributed by atoms with Crippen molar-refractivity contribution in [3.8, 4) is 5.69 Å². The van der Waals surface area contributed by atoms with Crippen molar-refractivity contribution in [2.45, 2.75) is 55.9 Å². The van der Waals surface area contributed by atoms with Crippen LogP contribution >= 0.6 is 11.8 Å². The molecule has 2 amide bonds. The van der Waals surface area contributed by atoms with E-state index in [9.17, 15) is 22.8 Å². The molecule has 1 atom stereocenters. The fourth-order valence-corrected chi connectivity index (χ4v) is 6.94. The van der Waals surface area contributed by atoms with E-state index in [1.54, 1.807) is 18.4 Å². The van der Waals surface area contributed by atoms with Crippen molar-refractivity contribution >= 4 is 35.0 Å². The van der Waals surface area contributed by atoms with Crippen LogP contribution in [0.2, 0.25) is 0 Å². The molecule has 264 valence electrons. The van der Waals surface area contributed by atoms with Crippen molar-refractivity contribution < 1.29 is 27.5 Å². The Balaban J connectivity index is 1.22. The minimum Gasteiger partial charge on any atom is -0.379 e. The van der Waals surface area contributed by atoms with Gasteiger partial charge >= 0.3 is 6.18 Å². The van der Waals surface area contributed by atoms with E-state index in [0.29, 0.717) is 42.7 Å². The van der Waals surface area contributed by atoms with Gasteiger partial charge in [-0.1, -0.05) is 11.6 Å². The third-order valence-electron chi connectivity index (χ3n) is 9.41. The van der Waals surface area contributed by atoms with Crippen molar-refractivity contribution in [3.05, 3.63) is 53.5 Å². The Kier molecular flexibility index (Phi) is 11.1. The third kappa shape index (κ3) is 8.36. The van der Waals surface area contributed by atoms with E-state index in [1.807, 2.05) is 6.07 Å². The van der Waals surface area contributed by atoms with Gasteiger partial charge in [0.25, 0.3) is 11.8 Å². The fraction of sp³-hybridized carbons (Fsp3) is 0.545. The largest absolute Gasteiger partial charge is 0.434 e. The van der Waals surface area contributed by atoms with E-state index in [4.69, 9.17) is 4.74 Å². The number of anilines is 2. The van der Waals surface area contributed by atoms with Gasteiger partial charge in [0.05, 0.1) is 47.1 Å². The van der Waals surface area contributed by atoms with E-state index in [2.05, 4.69) is 47.6 Å². The summed E-state index contributed by atoms with van der Waals surface area (Å²) in [6.45, 7) is 8.93. The van der Waals surface area contributed by atoms with E-state index in [0.717, 1.165) is 63.6 Å². The van der Waals surface area contributed by atoms with Crippen molar-refractivity contribution in [1.82, 2.24) is 35.1 Å². The summed E-state index contributed by atoms with van der Waals surface area (Å²) < 4.78 is 48.9. The summed E-state index contributed by atoms with van der Waals surface area (Å²) in [6, 6.07) is 8.66. The molecule has 2 aliphatic heterocycles. The van der Waals surface area contributed by atoms with Crippen LogP contribution in [0.15, 0.2) is 41.6 Å². The summed E-state index contributed by atoms with van der Waals surface area (Å²) in [6.07, 6.45) is 2.69. The quantitative estimate of drug-likeness (QED) is 0.223. The number of rotatable bonds is 11. The summed E-state index contributed by atoms with van der Waals surface area (Å²) in [4.78, 5) is 37.1. The smallest absolute Gasteiger partial charge is 0.379 e. The van der Waals surface area contributed by atoms with Crippen LogP contribution in [0.25, 0.3) is 5.69 Å². The molecule has 0 unspecified atom stereocenters. The van der Waals surface area contributed by atoms with Crippen LogP contribution in [0.1, 0.15) is 59.1 Å². The summed E-state index contributed by atoms with van der Waals surface area (Å²) in [5, 5.41) is 14.0. The number of piperazine rings is 1. The Labute approximate surface area is 287 Å². The number of amides is 2. The van der Waals surface area contributed by atoms with E-state index in [1.165, 1.54) is 36.2 Å². The number of thioether (sulfide) groups is 1. The zero-order valence-electron chi connectivity index (χ0n) is 27.7. The zero-order valence-corrected chi connectivity index (χ0v) is 28.5. The monoisotopic (exact) mass is 701 g/mol. The highest BCUT2D eigenvalue weighted by Gasteiger charge is 2.38. The van der Waals surface area contributed by atoms with Crippen LogP contribution in [0.3, 0.4) is 0 Å². The zero-order chi connectivity index (χ0) is 34.5. The SMILES string of the molecule is CSc1ccc(C(=O)Nc2cc(-n3cc(C(=O)NCCCN4CCOCC4)nn3)ccc2N2CCN(C3CCC3)[C@H](C)C2)c(C(F)(F)F)n1. The molecule has 0 radical (unpaired) electrons. The number of carbonyl (C=O) groups is 2. The van der Waals surface area contributed by atoms with Crippen molar-refractivity contribution in [2.24, 2.45) is 0 Å². The van der Waals surface area contributed by atoms with Gasteiger partial charge in [-0.2, -0.15) is 13.2 Å². The molecule has 6 rings (SSSR count). The van der Waals surface area contributed by atoms with Crippen LogP contribution < -0.4 is 15.5 Å². The normalized spacial score (nSPS) is 19.4. The van der Waals surface area contributed by atoms with Crippen LogP contribution in [-0.4, -0.2) is 119 Å². The first-order valence-corrected chi connectivity index (χ1v) is 17.9. The molecule has 0 bridgehead atoms. The van der Waals surface area contributed by atoms with Crippen molar-refractivity contribution in [3.63, 3.8) is 0 Å². The van der Waals surface area contributed by atoms with E-state index < -0.39 is 23.3 Å². The molecule has 1 aromatic carbocycles. The lowest BCUT2D eigenvalue weighted by Gasteiger charge is -2.47. The van der Waals surface area contributed by atoms with Gasteiger partial charge in [0.1, 0.15) is 0 Å². The Morgan fingerprint density at radius 1 is 1.06 bits per heavy atom. The number of hydrogen-bond acceptors (Lipinski definition) is 10. The van der Waals surface area contributed by atoms with Crippen molar-refractivity contribution in [2.75, 3.05) is 75.5 Å².